The van der Waals surface area contributed by atoms with Crippen molar-refractivity contribution in [2.24, 2.45) is 10.9 Å². The summed E-state index contributed by atoms with van der Waals surface area (Å²) in [6.45, 7) is 18.5. The van der Waals surface area contributed by atoms with E-state index in [2.05, 4.69) is 92.9 Å². The van der Waals surface area contributed by atoms with Gasteiger partial charge in [-0.1, -0.05) is 51.8 Å². The Bertz CT molecular complexity index is 1020. The van der Waals surface area contributed by atoms with Crippen LogP contribution in [0.3, 0.4) is 0 Å². The molecule has 0 amide bonds. The van der Waals surface area contributed by atoms with Crippen LogP contribution in [0, 0.1) is 12.8 Å². The average Bonchev–Trinajstić information content (AvgIpc) is 2.79. The number of amidine groups is 1. The fraction of sp³-hybridized carbons (Fsp3) is 0.483. The lowest BCUT2D eigenvalue weighted by atomic mass is 9.88. The van der Waals surface area contributed by atoms with Crippen molar-refractivity contribution in [1.29, 1.82) is 0 Å². The Hall–Kier alpha value is -2.59. The van der Waals surface area contributed by atoms with Gasteiger partial charge < -0.3 is 15.1 Å². The Balaban J connectivity index is 0.000000459. The number of nitrogens with one attached hydrogen (secondary N) is 1. The zero-order valence-electron chi connectivity index (χ0n) is 21.1. The van der Waals surface area contributed by atoms with Crippen molar-refractivity contribution in [1.82, 2.24) is 15.1 Å². The average molecular weight is 445 g/mol. The van der Waals surface area contributed by atoms with Crippen molar-refractivity contribution in [3.63, 3.8) is 0 Å². The Morgan fingerprint density at radius 2 is 1.91 bits per heavy atom. The van der Waals surface area contributed by atoms with Gasteiger partial charge in [-0.3, -0.25) is 0 Å². The lowest BCUT2D eigenvalue weighted by Gasteiger charge is -2.38. The van der Waals surface area contributed by atoms with Crippen LogP contribution in [0.25, 0.3) is 5.70 Å². The highest BCUT2D eigenvalue weighted by molar-refractivity contribution is 6.05. The molecule has 1 aromatic rings. The molecular weight excluding hydrogens is 404 g/mol. The highest BCUT2D eigenvalue weighted by atomic mass is 15.3. The van der Waals surface area contributed by atoms with E-state index in [1.54, 1.807) is 0 Å². The summed E-state index contributed by atoms with van der Waals surface area (Å²) in [7, 11) is 0. The van der Waals surface area contributed by atoms with Crippen LogP contribution >= 0.6 is 0 Å². The summed E-state index contributed by atoms with van der Waals surface area (Å²) in [5, 5.41) is 3.51. The topological polar surface area (TPSA) is 30.9 Å². The number of rotatable bonds is 3. The van der Waals surface area contributed by atoms with Crippen molar-refractivity contribution in [3.05, 3.63) is 76.8 Å². The van der Waals surface area contributed by atoms with Gasteiger partial charge in [0, 0.05) is 43.1 Å². The van der Waals surface area contributed by atoms with Crippen molar-refractivity contribution < 1.29 is 0 Å². The minimum atomic E-state index is 0.503. The molecule has 0 radical (unpaired) electrons. The summed E-state index contributed by atoms with van der Waals surface area (Å²) in [6, 6.07) is 7.12. The van der Waals surface area contributed by atoms with Gasteiger partial charge in [0.05, 0.1) is 11.4 Å². The van der Waals surface area contributed by atoms with Crippen LogP contribution < -0.4 is 5.32 Å². The molecule has 4 nitrogen and oxygen atoms in total. The van der Waals surface area contributed by atoms with Gasteiger partial charge in [0.25, 0.3) is 0 Å². The van der Waals surface area contributed by atoms with E-state index in [0.29, 0.717) is 6.04 Å². The smallest absolute Gasteiger partial charge is 0.140 e. The fourth-order valence-corrected chi connectivity index (χ4v) is 4.75. The zero-order valence-corrected chi connectivity index (χ0v) is 21.1. The second-order valence-electron chi connectivity index (χ2n) is 10.0. The van der Waals surface area contributed by atoms with E-state index in [4.69, 9.17) is 4.99 Å². The first-order valence-corrected chi connectivity index (χ1v) is 12.6. The standard InChI is InChI=1S/C24H30N4.C5H10/c1-6-20-13-21(8-7-16(20)2)23-12-19(5)28-15-22(11-17(3)24(28)26-23)27-10-9-25-18(4)14-27;1-5-3-2-4-5/h7-8,11-13,15,18,25H,5-6,9-10,14H2,1-4H3;5H,2-4H2,1H3/t18-;/m0./s1. The largest absolute Gasteiger partial charge is 0.368 e. The molecule has 33 heavy (non-hydrogen) atoms. The van der Waals surface area contributed by atoms with Crippen LogP contribution in [0.15, 0.2) is 65.1 Å². The van der Waals surface area contributed by atoms with Gasteiger partial charge in [0.1, 0.15) is 5.84 Å². The van der Waals surface area contributed by atoms with Crippen LogP contribution in [0.1, 0.15) is 63.6 Å². The minimum absolute atomic E-state index is 0.503. The molecule has 2 fully saturated rings. The molecule has 0 spiro atoms. The van der Waals surface area contributed by atoms with Gasteiger partial charge in [-0.2, -0.15) is 0 Å². The molecule has 1 saturated heterocycles. The third kappa shape index (κ3) is 5.33. The predicted molar refractivity (Wildman–Crippen MR) is 141 cm³/mol. The number of aryl methyl sites for hydroxylation is 2. The molecule has 3 heterocycles. The van der Waals surface area contributed by atoms with Crippen LogP contribution in [-0.4, -0.2) is 41.3 Å². The van der Waals surface area contributed by atoms with E-state index in [1.807, 2.05) is 0 Å². The molecule has 0 bridgehead atoms. The first-order chi connectivity index (χ1) is 15.9. The Morgan fingerprint density at radius 1 is 1.15 bits per heavy atom. The monoisotopic (exact) mass is 444 g/mol. The Labute approximate surface area is 200 Å². The quantitative estimate of drug-likeness (QED) is 0.618. The van der Waals surface area contributed by atoms with Crippen LogP contribution in [-0.2, 0) is 6.42 Å². The van der Waals surface area contributed by atoms with Gasteiger partial charge in [0.15, 0.2) is 0 Å². The number of piperazine rings is 1. The molecule has 176 valence electrons. The second kappa shape index (κ2) is 10.1. The highest BCUT2D eigenvalue weighted by Crippen LogP contribution is 2.32. The summed E-state index contributed by atoms with van der Waals surface area (Å²) in [5.41, 5.74) is 8.25. The lowest BCUT2D eigenvalue weighted by molar-refractivity contribution is 0.259. The lowest BCUT2D eigenvalue weighted by Crippen LogP contribution is -2.49. The Kier molecular flexibility index (Phi) is 7.23. The molecule has 1 saturated carbocycles. The molecule has 1 atom stereocenters. The highest BCUT2D eigenvalue weighted by Gasteiger charge is 2.26. The van der Waals surface area contributed by atoms with Gasteiger partial charge in [-0.15, -0.1) is 0 Å². The summed E-state index contributed by atoms with van der Waals surface area (Å²) in [5.74, 6) is 2.04. The maximum atomic E-state index is 5.00. The first kappa shape index (κ1) is 23.6. The summed E-state index contributed by atoms with van der Waals surface area (Å²) in [6.07, 6.45) is 12.0. The van der Waals surface area contributed by atoms with Crippen molar-refractivity contribution in [3.8, 4) is 0 Å². The molecular formula is C29H40N4. The molecule has 1 aromatic carbocycles. The van der Waals surface area contributed by atoms with Crippen molar-refractivity contribution in [2.45, 2.75) is 66.3 Å². The van der Waals surface area contributed by atoms with Gasteiger partial charge in [-0.05, 0) is 68.0 Å². The summed E-state index contributed by atoms with van der Waals surface area (Å²) < 4.78 is 0. The number of benzene rings is 1. The summed E-state index contributed by atoms with van der Waals surface area (Å²) in [4.78, 5) is 9.58. The number of nitrogens with zero attached hydrogens (tertiary/aromatic N) is 3. The van der Waals surface area contributed by atoms with Crippen LogP contribution in [0.5, 0.6) is 0 Å². The minimum Gasteiger partial charge on any atom is -0.368 e. The number of allylic oxidation sites excluding steroid dienone is 2. The van der Waals surface area contributed by atoms with Crippen LogP contribution in [0.4, 0.5) is 0 Å². The molecule has 4 aliphatic rings. The third-order valence-electron chi connectivity index (χ3n) is 7.20. The van der Waals surface area contributed by atoms with E-state index >= 15 is 0 Å². The maximum absolute atomic E-state index is 5.00. The zero-order chi connectivity index (χ0) is 23.5. The fourth-order valence-electron chi connectivity index (χ4n) is 4.75. The third-order valence-corrected chi connectivity index (χ3v) is 7.20. The van der Waals surface area contributed by atoms with Gasteiger partial charge >= 0.3 is 0 Å². The van der Waals surface area contributed by atoms with Gasteiger partial charge in [0.2, 0.25) is 0 Å². The molecule has 5 rings (SSSR count). The van der Waals surface area contributed by atoms with E-state index in [1.165, 1.54) is 41.7 Å². The van der Waals surface area contributed by atoms with Crippen molar-refractivity contribution >= 4 is 11.5 Å². The molecule has 0 aromatic heterocycles. The number of aliphatic imine (C=N–C) groups is 1. The maximum Gasteiger partial charge on any atom is 0.140 e. The normalized spacial score (nSPS) is 22.8. The molecule has 0 unspecified atom stereocenters. The number of hydrogen-bond acceptors (Lipinski definition) is 4. The Morgan fingerprint density at radius 3 is 2.55 bits per heavy atom. The van der Waals surface area contributed by atoms with E-state index in [0.717, 1.165) is 54.8 Å². The number of hydrogen-bond donors (Lipinski definition) is 1. The molecule has 1 aliphatic carbocycles. The molecule has 3 aliphatic heterocycles. The summed E-state index contributed by atoms with van der Waals surface area (Å²) >= 11 is 0. The van der Waals surface area contributed by atoms with E-state index in [9.17, 15) is 0 Å². The first-order valence-electron chi connectivity index (χ1n) is 12.6. The SMILES string of the molecule is C=C1C=C(c2ccc(C)c(CC)c2)N=C2C(C)=CC(N3CCN[C@@H](C)C3)=CN12.CC1CCC1. The van der Waals surface area contributed by atoms with Crippen LogP contribution in [0.2, 0.25) is 0 Å². The molecule has 4 heteroatoms. The molecule has 1 N–H and O–H groups in total. The number of fused-ring (bicyclic) bond motifs is 1. The predicted octanol–water partition coefficient (Wildman–Crippen LogP) is 6.03. The van der Waals surface area contributed by atoms with Gasteiger partial charge in [-0.25, -0.2) is 4.99 Å². The van der Waals surface area contributed by atoms with Crippen molar-refractivity contribution in [2.75, 3.05) is 19.6 Å². The van der Waals surface area contributed by atoms with E-state index in [-0.39, 0.29) is 0 Å². The van der Waals surface area contributed by atoms with E-state index < -0.39 is 0 Å². The second-order valence-corrected chi connectivity index (χ2v) is 10.0.